The number of thiophene rings is 1. The molecule has 0 saturated carbocycles. The lowest BCUT2D eigenvalue weighted by atomic mass is 10.1. The number of anilines is 1. The van der Waals surface area contributed by atoms with E-state index in [9.17, 15) is 9.59 Å². The van der Waals surface area contributed by atoms with Gasteiger partial charge in [0.15, 0.2) is 6.61 Å². The number of carbonyl (C=O) groups is 2. The van der Waals surface area contributed by atoms with E-state index in [2.05, 4.69) is 28.1 Å². The van der Waals surface area contributed by atoms with E-state index in [1.54, 1.807) is 23.3 Å². The summed E-state index contributed by atoms with van der Waals surface area (Å²) in [5.74, 6) is 0.465. The lowest BCUT2D eigenvalue weighted by molar-refractivity contribution is -0.118. The van der Waals surface area contributed by atoms with Crippen LogP contribution in [0.4, 0.5) is 10.5 Å². The highest BCUT2D eigenvalue weighted by Crippen LogP contribution is 2.31. The van der Waals surface area contributed by atoms with Gasteiger partial charge in [0.2, 0.25) is 0 Å². The van der Waals surface area contributed by atoms with Gasteiger partial charge >= 0.3 is 6.03 Å². The number of urea groups is 1. The largest absolute Gasteiger partial charge is 0.482 e. The molecule has 7 heteroatoms. The second kappa shape index (κ2) is 7.52. The summed E-state index contributed by atoms with van der Waals surface area (Å²) in [4.78, 5) is 25.8. The maximum atomic E-state index is 12.7. The van der Waals surface area contributed by atoms with Crippen LogP contribution in [-0.2, 0) is 11.3 Å². The highest BCUT2D eigenvalue weighted by Gasteiger charge is 2.19. The molecule has 144 valence electrons. The number of hydrogen-bond acceptors (Lipinski definition) is 4. The van der Waals surface area contributed by atoms with Crippen LogP contribution >= 0.6 is 11.3 Å². The molecule has 1 aromatic heterocycles. The van der Waals surface area contributed by atoms with Crippen molar-refractivity contribution in [2.45, 2.75) is 19.5 Å². The second-order valence-corrected chi connectivity index (χ2v) is 7.79. The molecule has 3 aromatic rings. The quantitative estimate of drug-likeness (QED) is 0.698. The van der Waals surface area contributed by atoms with Crippen molar-refractivity contribution in [1.82, 2.24) is 10.2 Å². The standard InChI is InChI=1S/C21H21N3O3S/c1-13(14-7-8-18-17(9-14)23-20(25)11-27-18)22-21(26)24(2)10-15-12-28-19-6-4-3-5-16(15)19/h3-9,12-13H,10-11H2,1-2H3,(H,22,26)(H,23,25). The first-order valence-electron chi connectivity index (χ1n) is 9.04. The van der Waals surface area contributed by atoms with Crippen LogP contribution in [0.5, 0.6) is 5.75 Å². The third kappa shape index (κ3) is 3.66. The van der Waals surface area contributed by atoms with Crippen LogP contribution in [0.1, 0.15) is 24.1 Å². The smallest absolute Gasteiger partial charge is 0.317 e. The lowest BCUT2D eigenvalue weighted by Gasteiger charge is -2.23. The molecule has 1 aliphatic heterocycles. The lowest BCUT2D eigenvalue weighted by Crippen LogP contribution is -2.38. The fourth-order valence-electron chi connectivity index (χ4n) is 3.23. The Hall–Kier alpha value is -3.06. The summed E-state index contributed by atoms with van der Waals surface area (Å²) in [5.41, 5.74) is 2.67. The highest BCUT2D eigenvalue weighted by atomic mass is 32.1. The van der Waals surface area contributed by atoms with E-state index in [0.29, 0.717) is 18.0 Å². The van der Waals surface area contributed by atoms with Gasteiger partial charge in [0.05, 0.1) is 11.7 Å². The zero-order valence-electron chi connectivity index (χ0n) is 15.7. The van der Waals surface area contributed by atoms with Crippen LogP contribution in [0, 0.1) is 0 Å². The van der Waals surface area contributed by atoms with Gasteiger partial charge < -0.3 is 20.3 Å². The number of ether oxygens (including phenoxy) is 1. The number of carbonyl (C=O) groups excluding carboxylic acids is 2. The molecular formula is C21H21N3O3S. The summed E-state index contributed by atoms with van der Waals surface area (Å²) < 4.78 is 6.60. The number of hydrogen-bond donors (Lipinski definition) is 2. The first-order chi connectivity index (χ1) is 13.5. The van der Waals surface area contributed by atoms with Crippen molar-refractivity contribution in [1.29, 1.82) is 0 Å². The van der Waals surface area contributed by atoms with Crippen LogP contribution < -0.4 is 15.4 Å². The normalized spacial score (nSPS) is 14.0. The minimum atomic E-state index is -0.210. The van der Waals surface area contributed by atoms with Crippen molar-refractivity contribution in [3.05, 3.63) is 59.0 Å². The molecule has 0 saturated heterocycles. The molecule has 1 atom stereocenters. The van der Waals surface area contributed by atoms with Gasteiger partial charge in [0, 0.05) is 18.3 Å². The molecule has 2 aromatic carbocycles. The average molecular weight is 395 g/mol. The summed E-state index contributed by atoms with van der Waals surface area (Å²) in [7, 11) is 1.79. The molecule has 0 radical (unpaired) electrons. The Balaban J connectivity index is 1.42. The first kappa shape index (κ1) is 18.3. The van der Waals surface area contributed by atoms with E-state index in [-0.39, 0.29) is 24.6 Å². The third-order valence-electron chi connectivity index (χ3n) is 4.79. The number of rotatable bonds is 4. The van der Waals surface area contributed by atoms with Crippen molar-refractivity contribution in [3.8, 4) is 5.75 Å². The van der Waals surface area contributed by atoms with E-state index in [1.165, 1.54) is 10.1 Å². The summed E-state index contributed by atoms with van der Waals surface area (Å²) in [6.45, 7) is 2.48. The van der Waals surface area contributed by atoms with Gasteiger partial charge in [-0.3, -0.25) is 4.79 Å². The Labute approximate surface area is 167 Å². The molecule has 1 aliphatic rings. The van der Waals surface area contributed by atoms with E-state index < -0.39 is 0 Å². The van der Waals surface area contributed by atoms with E-state index in [0.717, 1.165) is 11.1 Å². The summed E-state index contributed by atoms with van der Waals surface area (Å²) in [6, 6.07) is 13.4. The Bertz CT molecular complexity index is 1050. The van der Waals surface area contributed by atoms with Crippen molar-refractivity contribution in [2.75, 3.05) is 19.0 Å². The van der Waals surface area contributed by atoms with Gasteiger partial charge in [-0.15, -0.1) is 11.3 Å². The predicted molar refractivity (Wildman–Crippen MR) is 111 cm³/mol. The highest BCUT2D eigenvalue weighted by molar-refractivity contribution is 7.17. The Morgan fingerprint density at radius 2 is 2.14 bits per heavy atom. The Kier molecular flexibility index (Phi) is 4.92. The zero-order chi connectivity index (χ0) is 19.7. The van der Waals surface area contributed by atoms with Gasteiger partial charge in [-0.1, -0.05) is 24.3 Å². The van der Waals surface area contributed by atoms with Crippen LogP contribution in [0.3, 0.4) is 0 Å². The van der Waals surface area contributed by atoms with Gasteiger partial charge in [-0.2, -0.15) is 0 Å². The molecule has 2 N–H and O–H groups in total. The second-order valence-electron chi connectivity index (χ2n) is 6.88. The number of nitrogens with one attached hydrogen (secondary N) is 2. The molecule has 0 spiro atoms. The number of amides is 3. The van der Waals surface area contributed by atoms with Crippen molar-refractivity contribution in [3.63, 3.8) is 0 Å². The van der Waals surface area contributed by atoms with E-state index >= 15 is 0 Å². The van der Waals surface area contributed by atoms with Crippen molar-refractivity contribution in [2.24, 2.45) is 0 Å². The summed E-state index contributed by atoms with van der Waals surface area (Å²) >= 11 is 1.69. The van der Waals surface area contributed by atoms with E-state index in [1.807, 2.05) is 37.3 Å². The minimum absolute atomic E-state index is 0.0285. The maximum absolute atomic E-state index is 12.7. The molecule has 4 rings (SSSR count). The summed E-state index contributed by atoms with van der Waals surface area (Å²) in [5, 5.41) is 9.09. The molecule has 28 heavy (non-hydrogen) atoms. The SMILES string of the molecule is CC(NC(=O)N(C)Cc1csc2ccccc12)c1ccc2c(c1)NC(=O)CO2. The Morgan fingerprint density at radius 1 is 1.32 bits per heavy atom. The molecular weight excluding hydrogens is 374 g/mol. The third-order valence-corrected chi connectivity index (χ3v) is 5.80. The molecule has 6 nitrogen and oxygen atoms in total. The molecule has 0 aliphatic carbocycles. The molecule has 0 bridgehead atoms. The molecule has 3 amide bonds. The van der Waals surface area contributed by atoms with Gasteiger partial charge in [-0.05, 0) is 47.0 Å². The van der Waals surface area contributed by atoms with Crippen LogP contribution in [0.25, 0.3) is 10.1 Å². The molecule has 0 fully saturated rings. The maximum Gasteiger partial charge on any atom is 0.317 e. The fraction of sp³-hybridized carbons (Fsp3) is 0.238. The molecule has 2 heterocycles. The topological polar surface area (TPSA) is 70.7 Å². The van der Waals surface area contributed by atoms with E-state index in [4.69, 9.17) is 4.74 Å². The van der Waals surface area contributed by atoms with Gasteiger partial charge in [0.1, 0.15) is 5.75 Å². The molecule has 1 unspecified atom stereocenters. The van der Waals surface area contributed by atoms with Gasteiger partial charge in [0.25, 0.3) is 5.91 Å². The number of fused-ring (bicyclic) bond motifs is 2. The van der Waals surface area contributed by atoms with Gasteiger partial charge in [-0.25, -0.2) is 4.79 Å². The number of nitrogens with zero attached hydrogens (tertiary/aromatic N) is 1. The number of benzene rings is 2. The average Bonchev–Trinajstić information content (AvgIpc) is 3.10. The minimum Gasteiger partial charge on any atom is -0.482 e. The van der Waals surface area contributed by atoms with Crippen molar-refractivity contribution >= 4 is 39.0 Å². The predicted octanol–water partition coefficient (Wildman–Crippen LogP) is 4.13. The monoisotopic (exact) mass is 395 g/mol. The zero-order valence-corrected chi connectivity index (χ0v) is 16.5. The fourth-order valence-corrected chi connectivity index (χ4v) is 4.19. The first-order valence-corrected chi connectivity index (χ1v) is 9.92. The van der Waals surface area contributed by atoms with Crippen LogP contribution in [-0.4, -0.2) is 30.5 Å². The van der Waals surface area contributed by atoms with Crippen molar-refractivity contribution < 1.29 is 14.3 Å². The summed E-state index contributed by atoms with van der Waals surface area (Å²) in [6.07, 6.45) is 0. The van der Waals surface area contributed by atoms with Crippen LogP contribution in [0.15, 0.2) is 47.8 Å². The van der Waals surface area contributed by atoms with Crippen LogP contribution in [0.2, 0.25) is 0 Å². The Morgan fingerprint density at radius 3 is 3.00 bits per heavy atom.